The maximum absolute atomic E-state index is 6.48. The Balaban J connectivity index is 1.64. The molecule has 5 rings (SSSR count). The maximum Gasteiger partial charge on any atom is 0.215 e. The fraction of sp³-hybridized carbons (Fsp3) is 0.150. The summed E-state index contributed by atoms with van der Waals surface area (Å²) in [6.45, 7) is 0. The Hall–Kier alpha value is -1.72. The molecule has 136 valence electrons. The Morgan fingerprint density at radius 3 is 2.59 bits per heavy atom. The molecule has 3 heterocycles. The van der Waals surface area contributed by atoms with Crippen molar-refractivity contribution in [1.29, 1.82) is 0 Å². The van der Waals surface area contributed by atoms with E-state index in [4.69, 9.17) is 44.6 Å². The summed E-state index contributed by atoms with van der Waals surface area (Å²) in [6.07, 6.45) is 0.366. The largest absolute Gasteiger partial charge is 0.464 e. The summed E-state index contributed by atoms with van der Waals surface area (Å²) in [7, 11) is 0. The first kappa shape index (κ1) is 17.4. The van der Waals surface area contributed by atoms with Crippen LogP contribution in [0.5, 0.6) is 5.75 Å². The van der Waals surface area contributed by atoms with Gasteiger partial charge in [0.1, 0.15) is 5.75 Å². The molecule has 0 N–H and O–H groups in total. The molecule has 0 unspecified atom stereocenters. The van der Waals surface area contributed by atoms with Crippen LogP contribution >= 0.6 is 46.1 Å². The maximum atomic E-state index is 6.48. The predicted molar refractivity (Wildman–Crippen MR) is 111 cm³/mol. The second kappa shape index (κ2) is 6.71. The number of hydrogen-bond donors (Lipinski definition) is 0. The molecule has 3 nitrogen and oxygen atoms in total. The van der Waals surface area contributed by atoms with Crippen molar-refractivity contribution >= 4 is 51.9 Å². The lowest BCUT2D eigenvalue weighted by atomic mass is 9.97. The molecular weight excluding hydrogens is 423 g/mol. The van der Waals surface area contributed by atoms with E-state index in [2.05, 4.69) is 11.4 Å². The van der Waals surface area contributed by atoms with Gasteiger partial charge >= 0.3 is 0 Å². The van der Waals surface area contributed by atoms with Crippen molar-refractivity contribution < 1.29 is 4.74 Å². The summed E-state index contributed by atoms with van der Waals surface area (Å²) in [5.74, 6) is 0.805. The standard InChI is InChI=1S/C20H13Cl3N2OS/c21-11-4-6-18-14(8-11)17-10-16(19-2-1-7-27-19)24-25(17)20(26-18)13-5-3-12(22)9-15(13)23/h1-9,17,20H,10H2/t17-,20-/m1/s1. The number of halogens is 3. The van der Waals surface area contributed by atoms with Crippen LogP contribution in [0.1, 0.15) is 34.7 Å². The number of rotatable bonds is 2. The Kier molecular flexibility index (Phi) is 4.32. The Bertz CT molecular complexity index is 1050. The van der Waals surface area contributed by atoms with E-state index < -0.39 is 6.23 Å². The van der Waals surface area contributed by atoms with Gasteiger partial charge in [-0.15, -0.1) is 11.3 Å². The van der Waals surface area contributed by atoms with Crippen LogP contribution in [0.3, 0.4) is 0 Å². The number of fused-ring (bicyclic) bond motifs is 3. The highest BCUT2D eigenvalue weighted by Gasteiger charge is 2.41. The van der Waals surface area contributed by atoms with E-state index in [1.165, 1.54) is 0 Å². The van der Waals surface area contributed by atoms with Crippen molar-refractivity contribution in [2.75, 3.05) is 0 Å². The van der Waals surface area contributed by atoms with Gasteiger partial charge in [0.05, 0.1) is 21.7 Å². The van der Waals surface area contributed by atoms with Crippen LogP contribution in [0.2, 0.25) is 15.1 Å². The van der Waals surface area contributed by atoms with Gasteiger partial charge in [-0.2, -0.15) is 5.10 Å². The molecule has 0 saturated carbocycles. The molecule has 2 aromatic carbocycles. The smallest absolute Gasteiger partial charge is 0.215 e. The average molecular weight is 436 g/mol. The topological polar surface area (TPSA) is 24.8 Å². The summed E-state index contributed by atoms with van der Waals surface area (Å²) in [6, 6.07) is 15.3. The number of nitrogens with zero attached hydrogens (tertiary/aromatic N) is 2. The highest BCUT2D eigenvalue weighted by atomic mass is 35.5. The molecule has 0 amide bonds. The second-order valence-electron chi connectivity index (χ2n) is 6.44. The van der Waals surface area contributed by atoms with Crippen molar-refractivity contribution in [2.45, 2.75) is 18.7 Å². The van der Waals surface area contributed by atoms with Gasteiger partial charge in [-0.05, 0) is 41.8 Å². The average Bonchev–Trinajstić information content (AvgIpc) is 3.31. The van der Waals surface area contributed by atoms with Crippen molar-refractivity contribution in [1.82, 2.24) is 5.01 Å². The molecule has 0 fully saturated rings. The van der Waals surface area contributed by atoms with E-state index in [9.17, 15) is 0 Å². The number of ether oxygens (including phenoxy) is 1. The van der Waals surface area contributed by atoms with E-state index in [0.29, 0.717) is 15.1 Å². The third-order valence-electron chi connectivity index (χ3n) is 4.79. The van der Waals surface area contributed by atoms with Gasteiger partial charge < -0.3 is 4.74 Å². The number of hydrogen-bond acceptors (Lipinski definition) is 4. The third-order valence-corrected chi connectivity index (χ3v) is 6.50. The van der Waals surface area contributed by atoms with Gasteiger partial charge in [0.15, 0.2) is 0 Å². The SMILES string of the molecule is Clc1ccc([C@H]2Oc3ccc(Cl)cc3[C@H]3CC(c4cccs4)=NN32)c(Cl)c1. The monoisotopic (exact) mass is 434 g/mol. The van der Waals surface area contributed by atoms with E-state index in [-0.39, 0.29) is 6.04 Å². The molecule has 0 saturated heterocycles. The molecular formula is C20H13Cl3N2OS. The van der Waals surface area contributed by atoms with Crippen LogP contribution in [0.15, 0.2) is 59.0 Å². The number of benzene rings is 2. The summed E-state index contributed by atoms with van der Waals surface area (Å²) in [5.41, 5.74) is 2.92. The van der Waals surface area contributed by atoms with Gasteiger partial charge in [-0.1, -0.05) is 46.9 Å². The third kappa shape index (κ3) is 3.01. The minimum absolute atomic E-state index is 0.0429. The molecule has 1 aromatic heterocycles. The summed E-state index contributed by atoms with van der Waals surface area (Å²) >= 11 is 20.5. The van der Waals surface area contributed by atoms with Crippen LogP contribution in [-0.4, -0.2) is 10.7 Å². The van der Waals surface area contributed by atoms with Crippen molar-refractivity contribution in [3.63, 3.8) is 0 Å². The molecule has 2 aliphatic heterocycles. The van der Waals surface area contributed by atoms with E-state index in [0.717, 1.165) is 33.9 Å². The van der Waals surface area contributed by atoms with Crippen molar-refractivity contribution in [3.05, 3.63) is 85.0 Å². The number of thiophene rings is 1. The molecule has 0 aliphatic carbocycles. The molecule has 2 aliphatic rings. The van der Waals surface area contributed by atoms with Crippen LogP contribution < -0.4 is 4.74 Å². The molecule has 2 atom stereocenters. The van der Waals surface area contributed by atoms with Crippen LogP contribution in [0, 0.1) is 0 Å². The Morgan fingerprint density at radius 1 is 1.00 bits per heavy atom. The predicted octanol–water partition coefficient (Wildman–Crippen LogP) is 6.95. The summed E-state index contributed by atoms with van der Waals surface area (Å²) in [4.78, 5) is 1.16. The minimum atomic E-state index is -0.425. The van der Waals surface area contributed by atoms with Crippen LogP contribution in [-0.2, 0) is 0 Å². The zero-order valence-corrected chi connectivity index (χ0v) is 17.0. The first-order chi connectivity index (χ1) is 13.1. The highest BCUT2D eigenvalue weighted by molar-refractivity contribution is 7.12. The molecule has 3 aromatic rings. The molecule has 27 heavy (non-hydrogen) atoms. The summed E-state index contributed by atoms with van der Waals surface area (Å²) in [5, 5.41) is 10.8. The van der Waals surface area contributed by atoms with E-state index in [1.54, 1.807) is 17.4 Å². The van der Waals surface area contributed by atoms with Gasteiger partial charge in [0, 0.05) is 27.6 Å². The van der Waals surface area contributed by atoms with Gasteiger partial charge in [0.25, 0.3) is 0 Å². The zero-order chi connectivity index (χ0) is 18.5. The fourth-order valence-electron chi connectivity index (χ4n) is 3.56. The molecule has 0 spiro atoms. The van der Waals surface area contributed by atoms with Gasteiger partial charge in [-0.3, -0.25) is 0 Å². The first-order valence-electron chi connectivity index (χ1n) is 8.41. The minimum Gasteiger partial charge on any atom is -0.464 e. The Labute approximate surface area is 175 Å². The van der Waals surface area contributed by atoms with E-state index in [1.807, 2.05) is 41.4 Å². The zero-order valence-electron chi connectivity index (χ0n) is 13.9. The molecule has 0 bridgehead atoms. The summed E-state index contributed by atoms with van der Waals surface area (Å²) < 4.78 is 6.31. The van der Waals surface area contributed by atoms with Gasteiger partial charge in [-0.25, -0.2) is 5.01 Å². The fourth-order valence-corrected chi connectivity index (χ4v) is 4.96. The molecule has 0 radical (unpaired) electrons. The van der Waals surface area contributed by atoms with Crippen LogP contribution in [0.4, 0.5) is 0 Å². The first-order valence-corrected chi connectivity index (χ1v) is 10.4. The Morgan fingerprint density at radius 2 is 1.81 bits per heavy atom. The van der Waals surface area contributed by atoms with Crippen molar-refractivity contribution in [3.8, 4) is 5.75 Å². The highest BCUT2D eigenvalue weighted by Crippen LogP contribution is 2.49. The van der Waals surface area contributed by atoms with E-state index >= 15 is 0 Å². The molecule has 7 heteroatoms. The second-order valence-corrected chi connectivity index (χ2v) is 8.67. The lowest BCUT2D eigenvalue weighted by Gasteiger charge is -2.38. The normalized spacial score (nSPS) is 20.7. The van der Waals surface area contributed by atoms with Gasteiger partial charge in [0.2, 0.25) is 6.23 Å². The lowest BCUT2D eigenvalue weighted by Crippen LogP contribution is -2.33. The van der Waals surface area contributed by atoms with Crippen LogP contribution in [0.25, 0.3) is 0 Å². The number of hydrazone groups is 1. The van der Waals surface area contributed by atoms with Crippen molar-refractivity contribution in [2.24, 2.45) is 5.10 Å². The lowest BCUT2D eigenvalue weighted by molar-refractivity contribution is -0.0189. The quantitative estimate of drug-likeness (QED) is 0.435.